The largest absolute Gasteiger partial charge is 0.493 e. The first-order valence-corrected chi connectivity index (χ1v) is 9.51. The normalized spacial score (nSPS) is 17.6. The molecule has 1 aliphatic heterocycles. The number of rotatable bonds is 7. The number of morpholine rings is 1. The van der Waals surface area contributed by atoms with Crippen LogP contribution in [0.2, 0.25) is 0 Å². The molecule has 150 valence electrons. The average molecular weight is 384 g/mol. The molecule has 3 rings (SSSR count). The number of amides is 1. The fraction of sp³-hybridized carbons (Fsp3) is 0.409. The Hall–Kier alpha value is -2.57. The molecule has 6 nitrogen and oxygen atoms in total. The summed E-state index contributed by atoms with van der Waals surface area (Å²) in [6.45, 7) is 3.91. The first-order chi connectivity index (χ1) is 13.6. The highest BCUT2D eigenvalue weighted by Gasteiger charge is 2.25. The molecule has 1 heterocycles. The number of nitrogens with one attached hydrogen (secondary N) is 2. The smallest absolute Gasteiger partial charge is 0.250 e. The third-order valence-electron chi connectivity index (χ3n) is 5.03. The van der Waals surface area contributed by atoms with Crippen molar-refractivity contribution in [2.45, 2.75) is 25.5 Å². The number of carbonyl (C=O) groups is 1. The zero-order valence-corrected chi connectivity index (χ0v) is 16.7. The molecule has 2 N–H and O–H groups in total. The van der Waals surface area contributed by atoms with Crippen molar-refractivity contribution in [2.24, 2.45) is 0 Å². The van der Waals surface area contributed by atoms with Crippen LogP contribution in [0.25, 0.3) is 0 Å². The second-order valence-corrected chi connectivity index (χ2v) is 6.87. The third-order valence-corrected chi connectivity index (χ3v) is 5.03. The van der Waals surface area contributed by atoms with Gasteiger partial charge in [0.2, 0.25) is 0 Å². The number of methoxy groups -OCH3 is 2. The minimum Gasteiger partial charge on any atom is -0.493 e. The fourth-order valence-corrected chi connectivity index (χ4v) is 3.38. The van der Waals surface area contributed by atoms with Gasteiger partial charge in [-0.3, -0.25) is 4.79 Å². The number of hydrogen-bond donors (Lipinski definition) is 2. The second kappa shape index (κ2) is 9.57. The number of hydrogen-bond acceptors (Lipinski definition) is 5. The van der Waals surface area contributed by atoms with Crippen molar-refractivity contribution in [3.8, 4) is 11.5 Å². The molecule has 1 saturated heterocycles. The van der Waals surface area contributed by atoms with Crippen LogP contribution in [0.3, 0.4) is 0 Å². The van der Waals surface area contributed by atoms with E-state index in [0.717, 1.165) is 12.1 Å². The van der Waals surface area contributed by atoms with Crippen LogP contribution < -0.4 is 20.1 Å². The van der Waals surface area contributed by atoms with Gasteiger partial charge in [-0.1, -0.05) is 30.3 Å². The molecular formula is C22H28N2O4. The Morgan fingerprint density at radius 2 is 2.00 bits per heavy atom. The summed E-state index contributed by atoms with van der Waals surface area (Å²) < 4.78 is 16.4. The van der Waals surface area contributed by atoms with Crippen LogP contribution in [0.4, 0.5) is 0 Å². The lowest BCUT2D eigenvalue weighted by Crippen LogP contribution is -2.48. The zero-order valence-electron chi connectivity index (χ0n) is 16.7. The second-order valence-electron chi connectivity index (χ2n) is 6.87. The third kappa shape index (κ3) is 4.82. The lowest BCUT2D eigenvalue weighted by atomic mass is 9.95. The molecule has 2 unspecified atom stereocenters. The van der Waals surface area contributed by atoms with E-state index in [1.807, 2.05) is 30.3 Å². The predicted molar refractivity (Wildman–Crippen MR) is 108 cm³/mol. The Morgan fingerprint density at radius 1 is 1.21 bits per heavy atom. The van der Waals surface area contributed by atoms with Crippen molar-refractivity contribution in [1.82, 2.24) is 10.6 Å². The summed E-state index contributed by atoms with van der Waals surface area (Å²) in [6.07, 6.45) is 0.196. The topological polar surface area (TPSA) is 68.8 Å². The highest BCUT2D eigenvalue weighted by atomic mass is 16.5. The quantitative estimate of drug-likeness (QED) is 0.767. The maximum absolute atomic E-state index is 12.8. The number of ether oxygens (including phenoxy) is 3. The number of benzene rings is 2. The Labute approximate surface area is 166 Å². The summed E-state index contributed by atoms with van der Waals surface area (Å²) in [5.74, 6) is 1.19. The Balaban J connectivity index is 1.87. The van der Waals surface area contributed by atoms with Gasteiger partial charge in [0, 0.05) is 13.1 Å². The molecule has 2 aromatic carbocycles. The van der Waals surface area contributed by atoms with Crippen molar-refractivity contribution in [1.29, 1.82) is 0 Å². The van der Waals surface area contributed by atoms with Crippen LogP contribution in [0.15, 0.2) is 42.5 Å². The summed E-state index contributed by atoms with van der Waals surface area (Å²) >= 11 is 0. The Bertz CT molecular complexity index is 803. The number of carbonyl (C=O) groups excluding carboxylic acids is 1. The molecule has 0 radical (unpaired) electrons. The monoisotopic (exact) mass is 384 g/mol. The van der Waals surface area contributed by atoms with Gasteiger partial charge < -0.3 is 24.8 Å². The predicted octanol–water partition coefficient (Wildman–Crippen LogP) is 2.40. The standard InChI is InChI=1S/C22H28N2O4/c1-15-6-4-5-7-16(15)12-18(24-22(25)21-14-23-10-11-28-21)17-8-9-19(26-2)20(13-17)27-3/h4-9,13,18,21,23H,10-12,14H2,1-3H3,(H,24,25). The van der Waals surface area contributed by atoms with Crippen molar-refractivity contribution in [3.63, 3.8) is 0 Å². The van der Waals surface area contributed by atoms with Gasteiger partial charge in [0.25, 0.3) is 5.91 Å². The van der Waals surface area contributed by atoms with E-state index in [0.29, 0.717) is 31.1 Å². The van der Waals surface area contributed by atoms with Gasteiger partial charge in [-0.25, -0.2) is 0 Å². The fourth-order valence-electron chi connectivity index (χ4n) is 3.38. The Morgan fingerprint density at radius 3 is 2.68 bits per heavy atom. The van der Waals surface area contributed by atoms with Gasteiger partial charge in [-0.15, -0.1) is 0 Å². The van der Waals surface area contributed by atoms with Gasteiger partial charge in [0.15, 0.2) is 11.5 Å². The van der Waals surface area contributed by atoms with Crippen molar-refractivity contribution in [3.05, 3.63) is 59.2 Å². The molecule has 0 spiro atoms. The van der Waals surface area contributed by atoms with Crippen LogP contribution in [0, 0.1) is 6.92 Å². The van der Waals surface area contributed by atoms with Gasteiger partial charge in [0.05, 0.1) is 26.9 Å². The van der Waals surface area contributed by atoms with E-state index in [1.54, 1.807) is 14.2 Å². The molecule has 0 aliphatic carbocycles. The van der Waals surface area contributed by atoms with E-state index in [9.17, 15) is 4.79 Å². The molecule has 1 fully saturated rings. The van der Waals surface area contributed by atoms with Crippen LogP contribution >= 0.6 is 0 Å². The molecule has 0 bridgehead atoms. The summed E-state index contributed by atoms with van der Waals surface area (Å²) in [5, 5.41) is 6.37. The summed E-state index contributed by atoms with van der Waals surface area (Å²) in [7, 11) is 3.22. The van der Waals surface area contributed by atoms with E-state index in [-0.39, 0.29) is 11.9 Å². The maximum atomic E-state index is 12.8. The van der Waals surface area contributed by atoms with Gasteiger partial charge in [-0.2, -0.15) is 0 Å². The molecule has 2 atom stereocenters. The lowest BCUT2D eigenvalue weighted by molar-refractivity contribution is -0.135. The van der Waals surface area contributed by atoms with Crippen LogP contribution in [0.5, 0.6) is 11.5 Å². The average Bonchev–Trinajstić information content (AvgIpc) is 2.74. The lowest BCUT2D eigenvalue weighted by Gasteiger charge is -2.27. The van der Waals surface area contributed by atoms with E-state index in [4.69, 9.17) is 14.2 Å². The first-order valence-electron chi connectivity index (χ1n) is 9.51. The van der Waals surface area contributed by atoms with E-state index < -0.39 is 6.10 Å². The molecule has 0 saturated carbocycles. The van der Waals surface area contributed by atoms with Gasteiger partial charge >= 0.3 is 0 Å². The molecule has 28 heavy (non-hydrogen) atoms. The number of aryl methyl sites for hydroxylation is 1. The minimum atomic E-state index is -0.478. The highest BCUT2D eigenvalue weighted by Crippen LogP contribution is 2.31. The van der Waals surface area contributed by atoms with E-state index in [2.05, 4.69) is 29.7 Å². The maximum Gasteiger partial charge on any atom is 0.250 e. The molecule has 1 aliphatic rings. The van der Waals surface area contributed by atoms with Crippen LogP contribution in [-0.2, 0) is 16.0 Å². The summed E-state index contributed by atoms with van der Waals surface area (Å²) in [5.41, 5.74) is 3.33. The van der Waals surface area contributed by atoms with Crippen molar-refractivity contribution >= 4 is 5.91 Å². The van der Waals surface area contributed by atoms with Crippen molar-refractivity contribution in [2.75, 3.05) is 33.9 Å². The molecule has 6 heteroatoms. The van der Waals surface area contributed by atoms with E-state index >= 15 is 0 Å². The summed E-state index contributed by atoms with van der Waals surface area (Å²) in [6, 6.07) is 13.7. The SMILES string of the molecule is COc1ccc(C(Cc2ccccc2C)NC(=O)C2CNCCO2)cc1OC. The molecule has 1 amide bonds. The van der Waals surface area contributed by atoms with Crippen LogP contribution in [0.1, 0.15) is 22.7 Å². The van der Waals surface area contributed by atoms with Crippen LogP contribution in [-0.4, -0.2) is 45.9 Å². The van der Waals surface area contributed by atoms with Gasteiger partial charge in [0.1, 0.15) is 6.10 Å². The van der Waals surface area contributed by atoms with Crippen molar-refractivity contribution < 1.29 is 19.0 Å². The molecule has 0 aromatic heterocycles. The Kier molecular flexibility index (Phi) is 6.90. The first kappa shape index (κ1) is 20.2. The highest BCUT2D eigenvalue weighted by molar-refractivity contribution is 5.81. The molecular weight excluding hydrogens is 356 g/mol. The zero-order chi connectivity index (χ0) is 19.9. The minimum absolute atomic E-state index is 0.111. The molecule has 2 aromatic rings. The van der Waals surface area contributed by atoms with E-state index in [1.165, 1.54) is 11.1 Å². The summed E-state index contributed by atoms with van der Waals surface area (Å²) in [4.78, 5) is 12.8. The van der Waals surface area contributed by atoms with Gasteiger partial charge in [-0.05, 0) is 42.2 Å².